The molecule has 0 bridgehead atoms. The first-order valence-corrected chi connectivity index (χ1v) is 6.97. The Labute approximate surface area is 114 Å². The lowest BCUT2D eigenvalue weighted by Gasteiger charge is -2.33. The lowest BCUT2D eigenvalue weighted by Crippen LogP contribution is -2.51. The smallest absolute Gasteiger partial charge is 0.407 e. The Morgan fingerprint density at radius 1 is 1.42 bits per heavy atom. The number of rotatable bonds is 5. The zero-order valence-corrected chi connectivity index (χ0v) is 12.1. The van der Waals surface area contributed by atoms with Crippen LogP contribution in [0.2, 0.25) is 0 Å². The highest BCUT2D eigenvalue weighted by molar-refractivity contribution is 5.78. The number of hydrogen-bond donors (Lipinski definition) is 2. The third-order valence-electron chi connectivity index (χ3n) is 3.03. The van der Waals surface area contributed by atoms with E-state index in [1.54, 1.807) is 11.8 Å². The minimum absolute atomic E-state index is 0.00389. The minimum Gasteiger partial charge on any atom is -0.450 e. The van der Waals surface area contributed by atoms with Gasteiger partial charge in [0.1, 0.15) is 0 Å². The Hall–Kier alpha value is -1.30. The van der Waals surface area contributed by atoms with Gasteiger partial charge in [-0.3, -0.25) is 4.79 Å². The molecule has 2 amide bonds. The van der Waals surface area contributed by atoms with Crippen LogP contribution in [0.4, 0.5) is 4.79 Å². The largest absolute Gasteiger partial charge is 0.450 e. The molecule has 0 aromatic rings. The van der Waals surface area contributed by atoms with Crippen molar-refractivity contribution in [2.45, 2.75) is 45.7 Å². The fraction of sp³-hybridized carbons (Fsp3) is 0.846. The number of nitrogens with one attached hydrogen (secondary N) is 2. The molecule has 19 heavy (non-hydrogen) atoms. The Morgan fingerprint density at radius 2 is 2.16 bits per heavy atom. The molecule has 1 fully saturated rings. The van der Waals surface area contributed by atoms with Crippen molar-refractivity contribution in [3.63, 3.8) is 0 Å². The molecule has 1 aliphatic heterocycles. The van der Waals surface area contributed by atoms with Crippen LogP contribution in [-0.4, -0.2) is 55.2 Å². The van der Waals surface area contributed by atoms with Crippen molar-refractivity contribution in [1.82, 2.24) is 15.5 Å². The Morgan fingerprint density at radius 3 is 2.79 bits per heavy atom. The quantitative estimate of drug-likeness (QED) is 0.773. The second-order valence-electron chi connectivity index (χ2n) is 5.08. The molecule has 1 rings (SSSR count). The van der Waals surface area contributed by atoms with E-state index in [1.165, 1.54) is 0 Å². The van der Waals surface area contributed by atoms with E-state index in [0.717, 1.165) is 19.4 Å². The number of alkyl carbamates (subject to hydrolysis) is 1. The Kier molecular flexibility index (Phi) is 6.62. The van der Waals surface area contributed by atoms with E-state index in [4.69, 9.17) is 4.74 Å². The first-order chi connectivity index (χ1) is 9.02. The molecule has 1 saturated heterocycles. The van der Waals surface area contributed by atoms with E-state index in [-0.39, 0.29) is 11.9 Å². The van der Waals surface area contributed by atoms with Gasteiger partial charge < -0.3 is 20.3 Å². The number of piperidine rings is 1. The van der Waals surface area contributed by atoms with Crippen LogP contribution >= 0.6 is 0 Å². The predicted molar refractivity (Wildman–Crippen MR) is 72.9 cm³/mol. The van der Waals surface area contributed by atoms with Gasteiger partial charge in [-0.05, 0) is 19.8 Å². The zero-order valence-electron chi connectivity index (χ0n) is 12.1. The molecule has 110 valence electrons. The molecule has 6 heteroatoms. The summed E-state index contributed by atoms with van der Waals surface area (Å²) in [5.41, 5.74) is 0. The standard InChI is InChI=1S/C13H25N3O3/c1-4-19-13(18)15-11-6-5-7-16(9-11)12(17)8-14-10(2)3/h10-11,14H,4-9H2,1-3H3,(H,15,18). The van der Waals surface area contributed by atoms with Gasteiger partial charge in [-0.1, -0.05) is 13.8 Å². The topological polar surface area (TPSA) is 70.7 Å². The maximum absolute atomic E-state index is 12.0. The SMILES string of the molecule is CCOC(=O)NC1CCCN(C(=O)CNC(C)C)C1. The van der Waals surface area contributed by atoms with Crippen molar-refractivity contribution in [1.29, 1.82) is 0 Å². The predicted octanol–water partition coefficient (Wildman–Crippen LogP) is 0.722. The van der Waals surface area contributed by atoms with Crippen LogP contribution in [0, 0.1) is 0 Å². The normalized spacial score (nSPS) is 19.4. The van der Waals surface area contributed by atoms with Gasteiger partial charge in [0.2, 0.25) is 5.91 Å². The highest BCUT2D eigenvalue weighted by Gasteiger charge is 2.24. The number of likely N-dealkylation sites (tertiary alicyclic amines) is 1. The summed E-state index contributed by atoms with van der Waals surface area (Å²) < 4.78 is 4.85. The van der Waals surface area contributed by atoms with Crippen LogP contribution in [0.3, 0.4) is 0 Å². The van der Waals surface area contributed by atoms with Gasteiger partial charge in [0.25, 0.3) is 0 Å². The Balaban J connectivity index is 2.36. The molecular formula is C13H25N3O3. The van der Waals surface area contributed by atoms with Crippen LogP contribution < -0.4 is 10.6 Å². The summed E-state index contributed by atoms with van der Waals surface area (Å²) in [6.07, 6.45) is 1.40. The molecule has 2 N–H and O–H groups in total. The summed E-state index contributed by atoms with van der Waals surface area (Å²) in [5, 5.41) is 5.91. The highest BCUT2D eigenvalue weighted by Crippen LogP contribution is 2.10. The molecule has 0 aromatic carbocycles. The van der Waals surface area contributed by atoms with E-state index in [1.807, 2.05) is 13.8 Å². The van der Waals surface area contributed by atoms with Gasteiger partial charge in [0.15, 0.2) is 0 Å². The van der Waals surface area contributed by atoms with Crippen molar-refractivity contribution in [2.75, 3.05) is 26.2 Å². The molecule has 1 unspecified atom stereocenters. The Bertz CT molecular complexity index is 308. The maximum Gasteiger partial charge on any atom is 0.407 e. The second kappa shape index (κ2) is 7.99. The summed E-state index contributed by atoms with van der Waals surface area (Å²) in [6, 6.07) is 0.290. The first kappa shape index (κ1) is 15.8. The highest BCUT2D eigenvalue weighted by atomic mass is 16.5. The van der Waals surface area contributed by atoms with Gasteiger partial charge in [0.05, 0.1) is 13.2 Å². The number of hydrogen-bond acceptors (Lipinski definition) is 4. The number of carbonyl (C=O) groups excluding carboxylic acids is 2. The van der Waals surface area contributed by atoms with Crippen LogP contribution in [0.25, 0.3) is 0 Å². The fourth-order valence-electron chi connectivity index (χ4n) is 2.06. The van der Waals surface area contributed by atoms with Crippen LogP contribution in [0.5, 0.6) is 0 Å². The van der Waals surface area contributed by atoms with Gasteiger partial charge in [-0.25, -0.2) is 4.79 Å². The van der Waals surface area contributed by atoms with Crippen LogP contribution in [0.15, 0.2) is 0 Å². The van der Waals surface area contributed by atoms with Crippen molar-refractivity contribution in [2.24, 2.45) is 0 Å². The lowest BCUT2D eigenvalue weighted by molar-refractivity contribution is -0.131. The molecular weight excluding hydrogens is 246 g/mol. The molecule has 1 heterocycles. The van der Waals surface area contributed by atoms with Crippen molar-refractivity contribution >= 4 is 12.0 Å². The van der Waals surface area contributed by atoms with E-state index in [2.05, 4.69) is 10.6 Å². The third-order valence-corrected chi connectivity index (χ3v) is 3.03. The number of nitrogens with zero attached hydrogens (tertiary/aromatic N) is 1. The lowest BCUT2D eigenvalue weighted by atomic mass is 10.1. The van der Waals surface area contributed by atoms with E-state index < -0.39 is 6.09 Å². The summed E-state index contributed by atoms with van der Waals surface area (Å²) in [7, 11) is 0. The summed E-state index contributed by atoms with van der Waals surface area (Å²) >= 11 is 0. The monoisotopic (exact) mass is 271 g/mol. The van der Waals surface area contributed by atoms with Crippen molar-refractivity contribution < 1.29 is 14.3 Å². The van der Waals surface area contributed by atoms with Crippen molar-refractivity contribution in [3.05, 3.63) is 0 Å². The molecule has 0 aliphatic carbocycles. The summed E-state index contributed by atoms with van der Waals surface area (Å²) in [5.74, 6) is 0.0871. The molecule has 6 nitrogen and oxygen atoms in total. The molecule has 0 radical (unpaired) electrons. The van der Waals surface area contributed by atoms with Crippen LogP contribution in [0.1, 0.15) is 33.6 Å². The number of amides is 2. The zero-order chi connectivity index (χ0) is 14.3. The molecule has 1 aliphatic rings. The average Bonchev–Trinajstić information content (AvgIpc) is 2.36. The number of ether oxygens (including phenoxy) is 1. The van der Waals surface area contributed by atoms with Gasteiger partial charge in [0, 0.05) is 25.2 Å². The molecule has 0 aromatic heterocycles. The molecule has 0 saturated carbocycles. The van der Waals surface area contributed by atoms with Crippen LogP contribution in [-0.2, 0) is 9.53 Å². The fourth-order valence-corrected chi connectivity index (χ4v) is 2.06. The van der Waals surface area contributed by atoms with Gasteiger partial charge in [-0.15, -0.1) is 0 Å². The average molecular weight is 271 g/mol. The summed E-state index contributed by atoms with van der Waals surface area (Å²) in [6.45, 7) is 7.83. The van der Waals surface area contributed by atoms with E-state index in [0.29, 0.717) is 25.7 Å². The van der Waals surface area contributed by atoms with Crippen molar-refractivity contribution in [3.8, 4) is 0 Å². The third kappa shape index (κ3) is 5.92. The van der Waals surface area contributed by atoms with E-state index in [9.17, 15) is 9.59 Å². The number of carbonyl (C=O) groups is 2. The first-order valence-electron chi connectivity index (χ1n) is 6.97. The van der Waals surface area contributed by atoms with E-state index >= 15 is 0 Å². The minimum atomic E-state index is -0.401. The second-order valence-corrected chi connectivity index (χ2v) is 5.08. The van der Waals surface area contributed by atoms with Gasteiger partial charge >= 0.3 is 6.09 Å². The molecule has 0 spiro atoms. The molecule has 1 atom stereocenters. The summed E-state index contributed by atoms with van der Waals surface area (Å²) in [4.78, 5) is 25.1. The van der Waals surface area contributed by atoms with Gasteiger partial charge in [-0.2, -0.15) is 0 Å². The maximum atomic E-state index is 12.0.